The molecule has 2 heterocycles. The first kappa shape index (κ1) is 25.6. The highest BCUT2D eigenvalue weighted by atomic mass is 15.2. The molecular weight excluding hydrogens is 426 g/mol. The van der Waals surface area contributed by atoms with Crippen LogP contribution in [0.2, 0.25) is 0 Å². The van der Waals surface area contributed by atoms with Crippen LogP contribution in [0.15, 0.2) is 47.3 Å². The van der Waals surface area contributed by atoms with Crippen LogP contribution in [-0.2, 0) is 6.42 Å². The van der Waals surface area contributed by atoms with Gasteiger partial charge in [0.15, 0.2) is 0 Å². The van der Waals surface area contributed by atoms with Crippen molar-refractivity contribution in [2.24, 2.45) is 5.92 Å². The standard InChI is InChI=1S/C32H45N3/c1-7-35(30-11-9-8-10-12-30)32-21-28(14-13-27-15-17-34(6)18-16-27)20-29(25(32)4)22-31-23(2)19-24(3)33-26(31)5/h19-21,27,30,33H,5,7-12,15-18,22H2,1-4,6H3. The third kappa shape index (κ3) is 6.22. The smallest absolute Gasteiger partial charge is 0.0413 e. The Hall–Kier alpha value is -2.44. The molecule has 0 aromatic heterocycles. The van der Waals surface area contributed by atoms with Gasteiger partial charge in [0.05, 0.1) is 0 Å². The largest absolute Gasteiger partial charge is 0.369 e. The minimum Gasteiger partial charge on any atom is -0.369 e. The van der Waals surface area contributed by atoms with Crippen LogP contribution in [-0.4, -0.2) is 37.6 Å². The Labute approximate surface area is 214 Å². The summed E-state index contributed by atoms with van der Waals surface area (Å²) in [5, 5.41) is 3.45. The summed E-state index contributed by atoms with van der Waals surface area (Å²) < 4.78 is 0. The summed E-state index contributed by atoms with van der Waals surface area (Å²) >= 11 is 0. The highest BCUT2D eigenvalue weighted by molar-refractivity contribution is 5.63. The SMILES string of the molecule is C=C1NC(C)=CC(C)=C1Cc1cc(C#CC2CCN(C)CC2)cc(N(CC)C2CCCCC2)c1C. The number of nitrogens with one attached hydrogen (secondary N) is 1. The molecule has 188 valence electrons. The van der Waals surface area contributed by atoms with Crippen LogP contribution in [0.5, 0.6) is 0 Å². The third-order valence-electron chi connectivity index (χ3n) is 8.28. The molecule has 0 atom stereocenters. The summed E-state index contributed by atoms with van der Waals surface area (Å²) in [6, 6.07) is 5.39. The van der Waals surface area contributed by atoms with Crippen LogP contribution in [0.4, 0.5) is 5.69 Å². The van der Waals surface area contributed by atoms with Crippen LogP contribution < -0.4 is 10.2 Å². The fourth-order valence-electron chi connectivity index (χ4n) is 6.10. The predicted octanol–water partition coefficient (Wildman–Crippen LogP) is 6.73. The molecule has 2 aliphatic heterocycles. The molecule has 3 nitrogen and oxygen atoms in total. The molecule has 0 spiro atoms. The van der Waals surface area contributed by atoms with Crippen molar-refractivity contribution in [2.45, 2.75) is 85.1 Å². The number of dihydropyridines is 1. The van der Waals surface area contributed by atoms with Gasteiger partial charge in [0.1, 0.15) is 0 Å². The lowest BCUT2D eigenvalue weighted by atomic mass is 9.89. The van der Waals surface area contributed by atoms with Gasteiger partial charge in [0.25, 0.3) is 0 Å². The molecular formula is C32H45N3. The fourth-order valence-corrected chi connectivity index (χ4v) is 6.10. The Morgan fingerprint density at radius 3 is 2.43 bits per heavy atom. The van der Waals surface area contributed by atoms with Gasteiger partial charge in [0, 0.05) is 47.6 Å². The van der Waals surface area contributed by atoms with Crippen LogP contribution in [0.1, 0.15) is 82.4 Å². The van der Waals surface area contributed by atoms with Gasteiger partial charge in [-0.1, -0.05) is 37.7 Å². The minimum atomic E-state index is 0.514. The highest BCUT2D eigenvalue weighted by Crippen LogP contribution is 2.34. The van der Waals surface area contributed by atoms with Crippen molar-refractivity contribution in [1.29, 1.82) is 0 Å². The first-order valence-corrected chi connectivity index (χ1v) is 13.8. The number of likely N-dealkylation sites (tertiary alicyclic amines) is 1. The monoisotopic (exact) mass is 471 g/mol. The van der Waals surface area contributed by atoms with Crippen molar-refractivity contribution in [3.05, 3.63) is 64.0 Å². The van der Waals surface area contributed by atoms with Crippen molar-refractivity contribution in [1.82, 2.24) is 10.2 Å². The van der Waals surface area contributed by atoms with Gasteiger partial charge in [-0.25, -0.2) is 0 Å². The van der Waals surface area contributed by atoms with E-state index in [9.17, 15) is 0 Å². The van der Waals surface area contributed by atoms with Crippen LogP contribution >= 0.6 is 0 Å². The number of hydrogen-bond donors (Lipinski definition) is 1. The van der Waals surface area contributed by atoms with Gasteiger partial charge in [0.2, 0.25) is 0 Å². The maximum atomic E-state index is 4.34. The van der Waals surface area contributed by atoms with E-state index >= 15 is 0 Å². The molecule has 1 aliphatic carbocycles. The molecule has 1 saturated carbocycles. The molecule has 35 heavy (non-hydrogen) atoms. The molecule has 0 bridgehead atoms. The van der Waals surface area contributed by atoms with E-state index in [1.54, 1.807) is 0 Å². The normalized spacial score (nSPS) is 20.3. The van der Waals surface area contributed by atoms with E-state index in [0.29, 0.717) is 12.0 Å². The van der Waals surface area contributed by atoms with Crippen molar-refractivity contribution in [3.8, 4) is 11.8 Å². The Morgan fingerprint density at radius 2 is 1.77 bits per heavy atom. The average Bonchev–Trinajstić information content (AvgIpc) is 2.84. The Balaban J connectivity index is 1.72. The molecule has 3 aliphatic rings. The van der Waals surface area contributed by atoms with Gasteiger partial charge in [-0.05, 0) is 114 Å². The zero-order chi connectivity index (χ0) is 24.9. The summed E-state index contributed by atoms with van der Waals surface area (Å²) in [6.45, 7) is 16.7. The Kier molecular flexibility index (Phi) is 8.45. The molecule has 4 rings (SSSR count). The van der Waals surface area contributed by atoms with Crippen LogP contribution in [0, 0.1) is 24.7 Å². The minimum absolute atomic E-state index is 0.514. The zero-order valence-corrected chi connectivity index (χ0v) is 22.8. The van der Waals surface area contributed by atoms with Crippen LogP contribution in [0.25, 0.3) is 0 Å². The summed E-state index contributed by atoms with van der Waals surface area (Å²) in [4.78, 5) is 5.10. The fraction of sp³-hybridized carbons (Fsp3) is 0.562. The van der Waals surface area contributed by atoms with Crippen LogP contribution in [0.3, 0.4) is 0 Å². The highest BCUT2D eigenvalue weighted by Gasteiger charge is 2.24. The predicted molar refractivity (Wildman–Crippen MR) is 151 cm³/mol. The zero-order valence-electron chi connectivity index (χ0n) is 22.8. The molecule has 1 saturated heterocycles. The Bertz CT molecular complexity index is 1050. The van der Waals surface area contributed by atoms with Gasteiger partial charge in [-0.2, -0.15) is 0 Å². The first-order valence-electron chi connectivity index (χ1n) is 13.8. The van der Waals surface area contributed by atoms with E-state index < -0.39 is 0 Å². The number of hydrogen-bond acceptors (Lipinski definition) is 3. The maximum Gasteiger partial charge on any atom is 0.0413 e. The average molecular weight is 472 g/mol. The van der Waals surface area contributed by atoms with Gasteiger partial charge >= 0.3 is 0 Å². The van der Waals surface area contributed by atoms with Crippen molar-refractivity contribution in [2.75, 3.05) is 31.6 Å². The summed E-state index contributed by atoms with van der Waals surface area (Å²) in [7, 11) is 2.22. The van der Waals surface area contributed by atoms with Crippen molar-refractivity contribution in [3.63, 3.8) is 0 Å². The summed E-state index contributed by atoms with van der Waals surface area (Å²) in [5.41, 5.74) is 10.2. The molecule has 0 amide bonds. The van der Waals surface area contributed by atoms with E-state index in [2.05, 4.69) is 86.5 Å². The molecule has 1 aromatic rings. The van der Waals surface area contributed by atoms with Gasteiger partial charge < -0.3 is 15.1 Å². The summed E-state index contributed by atoms with van der Waals surface area (Å²) in [5.74, 6) is 7.79. The lowest BCUT2D eigenvalue weighted by Crippen LogP contribution is -2.37. The molecule has 0 radical (unpaired) electrons. The number of piperidine rings is 1. The second-order valence-electron chi connectivity index (χ2n) is 11.0. The van der Waals surface area contributed by atoms with Gasteiger partial charge in [-0.15, -0.1) is 0 Å². The van der Waals surface area contributed by atoms with E-state index in [1.807, 2.05) is 0 Å². The van der Waals surface area contributed by atoms with E-state index in [1.165, 1.54) is 84.2 Å². The van der Waals surface area contributed by atoms with E-state index in [4.69, 9.17) is 0 Å². The number of rotatable bonds is 5. The first-order chi connectivity index (χ1) is 16.9. The third-order valence-corrected chi connectivity index (χ3v) is 8.28. The van der Waals surface area contributed by atoms with Gasteiger partial charge in [-0.3, -0.25) is 0 Å². The molecule has 1 aromatic carbocycles. The quantitative estimate of drug-likeness (QED) is 0.481. The maximum absolute atomic E-state index is 4.34. The molecule has 1 N–H and O–H groups in total. The molecule has 2 fully saturated rings. The summed E-state index contributed by atoms with van der Waals surface area (Å²) in [6.07, 6.45) is 12.2. The van der Waals surface area contributed by atoms with E-state index in [0.717, 1.165) is 31.8 Å². The second-order valence-corrected chi connectivity index (χ2v) is 11.0. The number of allylic oxidation sites excluding steroid dienone is 4. The second kappa shape index (κ2) is 11.5. The van der Waals surface area contributed by atoms with Crippen molar-refractivity contribution < 1.29 is 0 Å². The number of nitrogens with zero attached hydrogens (tertiary/aromatic N) is 2. The Morgan fingerprint density at radius 1 is 1.06 bits per heavy atom. The number of anilines is 1. The van der Waals surface area contributed by atoms with Crippen molar-refractivity contribution >= 4 is 5.69 Å². The number of benzene rings is 1. The van der Waals surface area contributed by atoms with E-state index in [-0.39, 0.29) is 0 Å². The topological polar surface area (TPSA) is 18.5 Å². The molecule has 0 unspecified atom stereocenters. The lowest BCUT2D eigenvalue weighted by Gasteiger charge is -2.37. The lowest BCUT2D eigenvalue weighted by molar-refractivity contribution is 0.248. The molecule has 3 heteroatoms.